The standard InChI is InChI=1S/C10H13ClN2O/c1-7-3-4-9(8(2)13-7)10(14)12-6-5-11/h3-4H,5-6H2,1-2H3,(H,12,14). The molecule has 0 bridgehead atoms. The average molecular weight is 213 g/mol. The van der Waals surface area contributed by atoms with Gasteiger partial charge in [-0.3, -0.25) is 9.78 Å². The Labute approximate surface area is 88.5 Å². The van der Waals surface area contributed by atoms with E-state index in [-0.39, 0.29) is 5.91 Å². The summed E-state index contributed by atoms with van der Waals surface area (Å²) in [5.41, 5.74) is 2.27. The highest BCUT2D eigenvalue weighted by molar-refractivity contribution is 6.18. The second-order valence-corrected chi connectivity index (χ2v) is 3.41. The minimum Gasteiger partial charge on any atom is -0.351 e. The summed E-state index contributed by atoms with van der Waals surface area (Å²) >= 11 is 5.47. The normalized spacial score (nSPS) is 9.93. The number of alkyl halides is 1. The molecule has 1 N–H and O–H groups in total. The van der Waals surface area contributed by atoms with E-state index in [1.165, 1.54) is 0 Å². The minimum absolute atomic E-state index is 0.115. The van der Waals surface area contributed by atoms with Gasteiger partial charge < -0.3 is 5.32 Å². The summed E-state index contributed by atoms with van der Waals surface area (Å²) in [5, 5.41) is 2.70. The quantitative estimate of drug-likeness (QED) is 0.775. The van der Waals surface area contributed by atoms with Crippen molar-refractivity contribution in [3.05, 3.63) is 29.1 Å². The van der Waals surface area contributed by atoms with Crippen LogP contribution in [0.1, 0.15) is 21.7 Å². The summed E-state index contributed by atoms with van der Waals surface area (Å²) in [6.45, 7) is 4.20. The predicted octanol–water partition coefficient (Wildman–Crippen LogP) is 1.67. The van der Waals surface area contributed by atoms with Gasteiger partial charge in [-0.1, -0.05) is 0 Å². The van der Waals surface area contributed by atoms with Crippen LogP contribution in [0.4, 0.5) is 0 Å². The summed E-state index contributed by atoms with van der Waals surface area (Å²) < 4.78 is 0. The van der Waals surface area contributed by atoms with Gasteiger partial charge in [-0.25, -0.2) is 0 Å². The van der Waals surface area contributed by atoms with Gasteiger partial charge in [0.25, 0.3) is 5.91 Å². The zero-order valence-electron chi connectivity index (χ0n) is 8.30. The number of aromatic nitrogens is 1. The van der Waals surface area contributed by atoms with Crippen LogP contribution in [-0.2, 0) is 0 Å². The van der Waals surface area contributed by atoms with Crippen LogP contribution < -0.4 is 5.32 Å². The van der Waals surface area contributed by atoms with Gasteiger partial charge >= 0.3 is 0 Å². The van der Waals surface area contributed by atoms with E-state index in [1.807, 2.05) is 19.9 Å². The average Bonchev–Trinajstić information content (AvgIpc) is 2.14. The Balaban J connectivity index is 2.80. The molecule has 0 atom stereocenters. The Morgan fingerprint density at radius 3 is 2.79 bits per heavy atom. The second kappa shape index (κ2) is 4.96. The highest BCUT2D eigenvalue weighted by Gasteiger charge is 2.08. The molecular weight excluding hydrogens is 200 g/mol. The first-order valence-corrected chi connectivity index (χ1v) is 4.97. The van der Waals surface area contributed by atoms with E-state index in [1.54, 1.807) is 6.07 Å². The molecule has 0 spiro atoms. The van der Waals surface area contributed by atoms with Gasteiger partial charge in [0.1, 0.15) is 0 Å². The number of nitrogens with one attached hydrogen (secondary N) is 1. The lowest BCUT2D eigenvalue weighted by atomic mass is 10.2. The molecule has 0 aliphatic heterocycles. The summed E-state index contributed by atoms with van der Waals surface area (Å²) in [6, 6.07) is 3.60. The molecule has 0 aliphatic carbocycles. The van der Waals surface area contributed by atoms with Gasteiger partial charge in [0.15, 0.2) is 0 Å². The molecule has 76 valence electrons. The molecule has 14 heavy (non-hydrogen) atoms. The molecule has 4 heteroatoms. The monoisotopic (exact) mass is 212 g/mol. The maximum Gasteiger partial charge on any atom is 0.253 e. The van der Waals surface area contributed by atoms with Crippen molar-refractivity contribution in [1.82, 2.24) is 10.3 Å². The molecule has 0 unspecified atom stereocenters. The number of rotatable bonds is 3. The third kappa shape index (κ3) is 2.70. The van der Waals surface area contributed by atoms with Crippen molar-refractivity contribution in [1.29, 1.82) is 0 Å². The summed E-state index contributed by atoms with van der Waals surface area (Å²) in [7, 11) is 0. The molecule has 1 heterocycles. The number of carbonyl (C=O) groups excluding carboxylic acids is 1. The van der Waals surface area contributed by atoms with Crippen LogP contribution in [0.5, 0.6) is 0 Å². The Bertz CT molecular complexity index is 339. The third-order valence-corrected chi connectivity index (χ3v) is 2.04. The van der Waals surface area contributed by atoms with E-state index in [0.717, 1.165) is 11.4 Å². The highest BCUT2D eigenvalue weighted by atomic mass is 35.5. The number of aryl methyl sites for hydroxylation is 2. The second-order valence-electron chi connectivity index (χ2n) is 3.03. The zero-order chi connectivity index (χ0) is 10.6. The molecule has 1 rings (SSSR count). The van der Waals surface area contributed by atoms with E-state index in [9.17, 15) is 4.79 Å². The number of pyridine rings is 1. The van der Waals surface area contributed by atoms with Crippen LogP contribution >= 0.6 is 11.6 Å². The summed E-state index contributed by atoms with van der Waals surface area (Å²) in [4.78, 5) is 15.7. The van der Waals surface area contributed by atoms with Crippen LogP contribution in [-0.4, -0.2) is 23.3 Å². The number of halogens is 1. The molecule has 0 radical (unpaired) electrons. The molecular formula is C10H13ClN2O. The molecule has 0 aromatic carbocycles. The Kier molecular flexibility index (Phi) is 3.89. The van der Waals surface area contributed by atoms with Crippen molar-refractivity contribution in [2.75, 3.05) is 12.4 Å². The van der Waals surface area contributed by atoms with Crippen molar-refractivity contribution < 1.29 is 4.79 Å². The van der Waals surface area contributed by atoms with E-state index < -0.39 is 0 Å². The molecule has 0 saturated heterocycles. The maximum atomic E-state index is 11.5. The largest absolute Gasteiger partial charge is 0.351 e. The van der Waals surface area contributed by atoms with E-state index in [2.05, 4.69) is 10.3 Å². The van der Waals surface area contributed by atoms with Crippen LogP contribution in [0, 0.1) is 13.8 Å². The van der Waals surface area contributed by atoms with Gasteiger partial charge in [0.05, 0.1) is 11.3 Å². The predicted molar refractivity (Wildman–Crippen MR) is 56.8 cm³/mol. The molecule has 1 aromatic heterocycles. The van der Waals surface area contributed by atoms with Gasteiger partial charge in [-0.05, 0) is 26.0 Å². The maximum absolute atomic E-state index is 11.5. The highest BCUT2D eigenvalue weighted by Crippen LogP contribution is 2.05. The molecule has 1 amide bonds. The van der Waals surface area contributed by atoms with E-state index in [4.69, 9.17) is 11.6 Å². The lowest BCUT2D eigenvalue weighted by molar-refractivity contribution is 0.0955. The van der Waals surface area contributed by atoms with Crippen LogP contribution in [0.3, 0.4) is 0 Å². The minimum atomic E-state index is -0.115. The Hall–Kier alpha value is -1.09. The summed E-state index contributed by atoms with van der Waals surface area (Å²) in [6.07, 6.45) is 0. The lowest BCUT2D eigenvalue weighted by Gasteiger charge is -2.05. The molecule has 3 nitrogen and oxygen atoms in total. The first-order chi connectivity index (χ1) is 6.65. The molecule has 0 fully saturated rings. The van der Waals surface area contributed by atoms with Crippen LogP contribution in [0.25, 0.3) is 0 Å². The summed E-state index contributed by atoms with van der Waals surface area (Å²) in [5.74, 6) is 0.306. The van der Waals surface area contributed by atoms with Crippen molar-refractivity contribution in [3.63, 3.8) is 0 Å². The fourth-order valence-electron chi connectivity index (χ4n) is 1.18. The first-order valence-electron chi connectivity index (χ1n) is 4.43. The number of nitrogens with zero attached hydrogens (tertiary/aromatic N) is 1. The molecule has 1 aromatic rings. The fourth-order valence-corrected chi connectivity index (χ4v) is 1.28. The van der Waals surface area contributed by atoms with Gasteiger partial charge in [-0.15, -0.1) is 11.6 Å². The number of carbonyl (C=O) groups is 1. The van der Waals surface area contributed by atoms with Crippen molar-refractivity contribution in [3.8, 4) is 0 Å². The van der Waals surface area contributed by atoms with Crippen molar-refractivity contribution in [2.24, 2.45) is 0 Å². The van der Waals surface area contributed by atoms with Crippen molar-refractivity contribution in [2.45, 2.75) is 13.8 Å². The van der Waals surface area contributed by atoms with Crippen LogP contribution in [0.2, 0.25) is 0 Å². The van der Waals surface area contributed by atoms with Crippen LogP contribution in [0.15, 0.2) is 12.1 Å². The SMILES string of the molecule is Cc1ccc(C(=O)NCCCl)c(C)n1. The number of amides is 1. The number of hydrogen-bond acceptors (Lipinski definition) is 2. The zero-order valence-corrected chi connectivity index (χ0v) is 9.06. The Morgan fingerprint density at radius 2 is 2.21 bits per heavy atom. The smallest absolute Gasteiger partial charge is 0.253 e. The van der Waals surface area contributed by atoms with Gasteiger partial charge in [-0.2, -0.15) is 0 Å². The van der Waals surface area contributed by atoms with Crippen molar-refractivity contribution >= 4 is 17.5 Å². The molecule has 0 aliphatic rings. The first kappa shape index (κ1) is 11.0. The third-order valence-electron chi connectivity index (χ3n) is 1.85. The van der Waals surface area contributed by atoms with Gasteiger partial charge in [0.2, 0.25) is 0 Å². The van der Waals surface area contributed by atoms with E-state index >= 15 is 0 Å². The Morgan fingerprint density at radius 1 is 1.50 bits per heavy atom. The molecule has 0 saturated carbocycles. The fraction of sp³-hybridized carbons (Fsp3) is 0.400. The number of hydrogen-bond donors (Lipinski definition) is 1. The van der Waals surface area contributed by atoms with E-state index in [0.29, 0.717) is 18.0 Å². The topological polar surface area (TPSA) is 42.0 Å². The van der Waals surface area contributed by atoms with Gasteiger partial charge in [0, 0.05) is 18.1 Å². The lowest BCUT2D eigenvalue weighted by Crippen LogP contribution is -2.26.